The van der Waals surface area contributed by atoms with Crippen molar-refractivity contribution in [1.82, 2.24) is 14.9 Å². The molecular weight excluding hydrogens is 439 g/mol. The number of fused-ring (bicyclic) bond motifs is 2. The standard InChI is InChI=1S/C27H26F3N3O/c28-27(29,30)22-12-20-10-11-33(17-23-13-19-8-4-5-9-21(19)16-31-23)25(20)24(14-22)26(34)32-15-18-6-2-1-3-7-18/h4-5,8-14,16,18H,1-3,6-7,15,17H2,(H,32,34). The molecular formula is C27H26F3N3O. The predicted molar refractivity (Wildman–Crippen MR) is 127 cm³/mol. The fraction of sp³-hybridized carbons (Fsp3) is 0.333. The largest absolute Gasteiger partial charge is 0.416 e. The summed E-state index contributed by atoms with van der Waals surface area (Å²) < 4.78 is 42.6. The van der Waals surface area contributed by atoms with Gasteiger partial charge in [-0.2, -0.15) is 13.2 Å². The first kappa shape index (κ1) is 22.4. The van der Waals surface area contributed by atoms with Gasteiger partial charge in [-0.1, -0.05) is 43.5 Å². The molecule has 0 aliphatic heterocycles. The predicted octanol–water partition coefficient (Wildman–Crippen LogP) is 6.57. The Hall–Kier alpha value is -3.35. The highest BCUT2D eigenvalue weighted by atomic mass is 19.4. The van der Waals surface area contributed by atoms with Gasteiger partial charge in [-0.05, 0) is 48.4 Å². The van der Waals surface area contributed by atoms with Crippen LogP contribution in [0.15, 0.2) is 60.9 Å². The molecule has 1 N–H and O–H groups in total. The van der Waals surface area contributed by atoms with E-state index < -0.39 is 17.6 Å². The van der Waals surface area contributed by atoms with Gasteiger partial charge in [-0.15, -0.1) is 0 Å². The Kier molecular flexibility index (Phi) is 6.02. The summed E-state index contributed by atoms with van der Waals surface area (Å²) in [6, 6.07) is 13.5. The first-order valence-corrected chi connectivity index (χ1v) is 11.7. The van der Waals surface area contributed by atoms with Crippen molar-refractivity contribution < 1.29 is 18.0 Å². The molecule has 34 heavy (non-hydrogen) atoms. The van der Waals surface area contributed by atoms with Crippen LogP contribution in [0.25, 0.3) is 21.7 Å². The smallest absolute Gasteiger partial charge is 0.352 e. The second-order valence-corrected chi connectivity index (χ2v) is 9.14. The molecule has 7 heteroatoms. The van der Waals surface area contributed by atoms with Gasteiger partial charge in [0.25, 0.3) is 5.91 Å². The number of hydrogen-bond acceptors (Lipinski definition) is 2. The Balaban J connectivity index is 1.50. The van der Waals surface area contributed by atoms with Crippen molar-refractivity contribution in [2.75, 3.05) is 6.54 Å². The van der Waals surface area contributed by atoms with E-state index in [-0.39, 0.29) is 5.56 Å². The van der Waals surface area contributed by atoms with Gasteiger partial charge >= 0.3 is 6.18 Å². The summed E-state index contributed by atoms with van der Waals surface area (Å²) in [6.45, 7) is 0.839. The van der Waals surface area contributed by atoms with E-state index in [1.807, 2.05) is 34.9 Å². The summed E-state index contributed by atoms with van der Waals surface area (Å²) in [5.74, 6) is -0.0827. The molecule has 0 saturated heterocycles. The molecule has 1 saturated carbocycles. The van der Waals surface area contributed by atoms with Crippen molar-refractivity contribution in [2.45, 2.75) is 44.8 Å². The first-order chi connectivity index (χ1) is 16.4. The maximum atomic E-state index is 13.6. The maximum absolute atomic E-state index is 13.6. The molecule has 4 nitrogen and oxygen atoms in total. The van der Waals surface area contributed by atoms with Gasteiger partial charge < -0.3 is 9.88 Å². The second-order valence-electron chi connectivity index (χ2n) is 9.14. The van der Waals surface area contributed by atoms with Gasteiger partial charge in [0.2, 0.25) is 0 Å². The van der Waals surface area contributed by atoms with Crippen molar-refractivity contribution >= 4 is 27.6 Å². The lowest BCUT2D eigenvalue weighted by molar-refractivity contribution is -0.137. The summed E-state index contributed by atoms with van der Waals surface area (Å²) in [5.41, 5.74) is 0.490. The molecule has 1 amide bonds. The van der Waals surface area contributed by atoms with Crippen LogP contribution < -0.4 is 5.32 Å². The van der Waals surface area contributed by atoms with Crippen LogP contribution in [0.4, 0.5) is 13.2 Å². The van der Waals surface area contributed by atoms with Crippen LogP contribution in [0.3, 0.4) is 0 Å². The number of pyridine rings is 1. The molecule has 1 fully saturated rings. The van der Waals surface area contributed by atoms with E-state index in [4.69, 9.17) is 0 Å². The third-order valence-corrected chi connectivity index (χ3v) is 6.73. The molecule has 0 atom stereocenters. The van der Waals surface area contributed by atoms with E-state index in [0.29, 0.717) is 29.9 Å². The zero-order valence-corrected chi connectivity index (χ0v) is 18.7. The molecule has 1 aliphatic rings. The zero-order valence-electron chi connectivity index (χ0n) is 18.7. The fourth-order valence-corrected chi connectivity index (χ4v) is 4.93. The summed E-state index contributed by atoms with van der Waals surface area (Å²) in [7, 11) is 0. The van der Waals surface area contributed by atoms with Crippen molar-refractivity contribution in [3.8, 4) is 0 Å². The number of carbonyl (C=O) groups excluding carboxylic acids is 1. The molecule has 176 valence electrons. The number of alkyl halides is 3. The van der Waals surface area contributed by atoms with Crippen LogP contribution in [0.2, 0.25) is 0 Å². The summed E-state index contributed by atoms with van der Waals surface area (Å²) in [4.78, 5) is 17.7. The van der Waals surface area contributed by atoms with Gasteiger partial charge in [-0.3, -0.25) is 9.78 Å². The van der Waals surface area contributed by atoms with Crippen LogP contribution in [-0.4, -0.2) is 22.0 Å². The fourth-order valence-electron chi connectivity index (χ4n) is 4.93. The van der Waals surface area contributed by atoms with Crippen molar-refractivity contribution in [3.05, 3.63) is 77.7 Å². The van der Waals surface area contributed by atoms with Crippen LogP contribution in [-0.2, 0) is 12.7 Å². The molecule has 2 heterocycles. The lowest BCUT2D eigenvalue weighted by Gasteiger charge is -2.22. The Bertz CT molecular complexity index is 1340. The normalized spacial score (nSPS) is 15.1. The minimum atomic E-state index is -4.53. The third kappa shape index (κ3) is 4.65. The summed E-state index contributed by atoms with van der Waals surface area (Å²) in [5, 5.41) is 5.35. The van der Waals surface area contributed by atoms with E-state index in [9.17, 15) is 18.0 Å². The number of amides is 1. The van der Waals surface area contributed by atoms with Gasteiger partial charge in [0.15, 0.2) is 0 Å². The topological polar surface area (TPSA) is 46.9 Å². The molecule has 2 aromatic heterocycles. The molecule has 1 aliphatic carbocycles. The Labute approximate surface area is 195 Å². The molecule has 0 unspecified atom stereocenters. The van der Waals surface area contributed by atoms with Gasteiger partial charge in [0.1, 0.15) is 0 Å². The number of hydrogen-bond donors (Lipinski definition) is 1. The van der Waals surface area contributed by atoms with E-state index in [2.05, 4.69) is 10.3 Å². The Morgan fingerprint density at radius 2 is 1.76 bits per heavy atom. The lowest BCUT2D eigenvalue weighted by Crippen LogP contribution is -2.31. The summed E-state index contributed by atoms with van der Waals surface area (Å²) in [6.07, 6.45) is 4.54. The number of nitrogens with one attached hydrogen (secondary N) is 1. The van der Waals surface area contributed by atoms with Gasteiger partial charge in [0, 0.05) is 29.7 Å². The minimum absolute atomic E-state index is 0.0476. The SMILES string of the molecule is O=C(NCC1CCCCC1)c1cc(C(F)(F)F)cc2ccn(Cc3cc4ccccc4cn3)c12. The average molecular weight is 466 g/mol. The highest BCUT2D eigenvalue weighted by molar-refractivity contribution is 6.06. The zero-order chi connectivity index (χ0) is 23.7. The molecule has 0 radical (unpaired) electrons. The third-order valence-electron chi connectivity index (χ3n) is 6.73. The first-order valence-electron chi connectivity index (χ1n) is 11.7. The monoisotopic (exact) mass is 465 g/mol. The molecule has 2 aromatic carbocycles. The number of carbonyl (C=O) groups is 1. The van der Waals surface area contributed by atoms with Crippen molar-refractivity contribution in [3.63, 3.8) is 0 Å². The molecule has 0 bridgehead atoms. The Morgan fingerprint density at radius 3 is 2.53 bits per heavy atom. The van der Waals surface area contributed by atoms with Gasteiger partial charge in [0.05, 0.1) is 28.9 Å². The number of aromatic nitrogens is 2. The second kappa shape index (κ2) is 9.12. The lowest BCUT2D eigenvalue weighted by atomic mass is 9.89. The average Bonchev–Trinajstić information content (AvgIpc) is 3.24. The maximum Gasteiger partial charge on any atom is 0.416 e. The quantitative estimate of drug-likeness (QED) is 0.363. The minimum Gasteiger partial charge on any atom is -0.352 e. The number of halogens is 3. The van der Waals surface area contributed by atoms with Crippen LogP contribution in [0.5, 0.6) is 0 Å². The van der Waals surface area contributed by atoms with E-state index in [0.717, 1.165) is 54.3 Å². The highest BCUT2D eigenvalue weighted by Crippen LogP contribution is 2.34. The highest BCUT2D eigenvalue weighted by Gasteiger charge is 2.33. The van der Waals surface area contributed by atoms with Crippen LogP contribution in [0, 0.1) is 5.92 Å². The number of nitrogens with zero attached hydrogens (tertiary/aromatic N) is 2. The van der Waals surface area contributed by atoms with Crippen LogP contribution >= 0.6 is 0 Å². The summed E-state index contributed by atoms with van der Waals surface area (Å²) >= 11 is 0. The van der Waals surface area contributed by atoms with Gasteiger partial charge in [-0.25, -0.2) is 0 Å². The number of rotatable bonds is 5. The number of benzene rings is 2. The van der Waals surface area contributed by atoms with Crippen molar-refractivity contribution in [1.29, 1.82) is 0 Å². The van der Waals surface area contributed by atoms with E-state index in [1.165, 1.54) is 6.42 Å². The van der Waals surface area contributed by atoms with E-state index >= 15 is 0 Å². The van der Waals surface area contributed by atoms with E-state index in [1.54, 1.807) is 18.5 Å². The van der Waals surface area contributed by atoms with Crippen LogP contribution in [0.1, 0.15) is 53.7 Å². The molecule has 4 aromatic rings. The van der Waals surface area contributed by atoms with Crippen molar-refractivity contribution in [2.24, 2.45) is 5.92 Å². The molecule has 5 rings (SSSR count). The molecule has 0 spiro atoms. The Morgan fingerprint density at radius 1 is 1.00 bits per heavy atom.